The van der Waals surface area contributed by atoms with Gasteiger partial charge in [-0.25, -0.2) is 0 Å². The van der Waals surface area contributed by atoms with E-state index in [0.717, 1.165) is 91.7 Å². The lowest BCUT2D eigenvalue weighted by Gasteiger charge is -2.36. The molecule has 0 bridgehead atoms. The van der Waals surface area contributed by atoms with Gasteiger partial charge >= 0.3 is 0 Å². The Morgan fingerprint density at radius 1 is 0.284 bits per heavy atom. The van der Waals surface area contributed by atoms with Gasteiger partial charge in [0.1, 0.15) is 0 Å². The Balaban J connectivity index is 0.000000128. The molecule has 0 atom stereocenters. The SMILES string of the molecule is C(=Cc1ccccc1)B(C1CCCCC1)C1CCCCC1.C[Si](C)(C)C=CB(C1CCCCC1)C1CCCCC1.c1ccc(B(C2CCCCC2)C2CCCCC2)cc1.c1ccc(CB(C2CCCCC2)C2CCCCC2)cc1.c1ccc2c(B(C3CCCCC3)C3CCCCC3)cccc2c1. The van der Waals surface area contributed by atoms with Crippen molar-refractivity contribution in [2.75, 3.05) is 0 Å². The van der Waals surface area contributed by atoms with E-state index in [2.05, 4.69) is 177 Å². The average molecular weight is 1380 g/mol. The van der Waals surface area contributed by atoms with Crippen LogP contribution >= 0.6 is 0 Å². The molecule has 0 amide bonds. The topological polar surface area (TPSA) is 0 Å². The molecule has 0 spiro atoms. The number of rotatable bonds is 18. The molecule has 10 aliphatic carbocycles. The molecule has 102 heavy (non-hydrogen) atoms. The maximum absolute atomic E-state index is 2.69. The largest absolute Gasteiger partial charge is 0.183 e. The van der Waals surface area contributed by atoms with Gasteiger partial charge < -0.3 is 0 Å². The summed E-state index contributed by atoms with van der Waals surface area (Å²) in [5, 5.41) is 2.96. The summed E-state index contributed by atoms with van der Waals surface area (Å²) in [6.07, 6.45) is 77.8. The molecule has 0 radical (unpaired) electrons. The summed E-state index contributed by atoms with van der Waals surface area (Å²) in [7, 11) is -1.03. The van der Waals surface area contributed by atoms with Crippen LogP contribution in [-0.4, -0.2) is 41.6 Å². The van der Waals surface area contributed by atoms with Crippen molar-refractivity contribution in [2.45, 2.75) is 405 Å². The minimum atomic E-state index is -1.03. The molecule has 0 heterocycles. The second-order valence-electron chi connectivity index (χ2n) is 37.0. The van der Waals surface area contributed by atoms with E-state index in [-0.39, 0.29) is 0 Å². The lowest BCUT2D eigenvalue weighted by Crippen LogP contribution is -2.41. The smallest absolute Gasteiger partial charge is 0.122 e. The van der Waals surface area contributed by atoms with E-state index in [9.17, 15) is 0 Å². The highest BCUT2D eigenvalue weighted by molar-refractivity contribution is 6.83. The van der Waals surface area contributed by atoms with Gasteiger partial charge in [-0.1, -0.05) is 555 Å². The van der Waals surface area contributed by atoms with Gasteiger partial charge in [-0.3, -0.25) is 0 Å². The van der Waals surface area contributed by atoms with E-state index >= 15 is 0 Å². The molecule has 5 aromatic rings. The van der Waals surface area contributed by atoms with Crippen molar-refractivity contribution in [2.24, 2.45) is 0 Å². The van der Waals surface area contributed by atoms with Crippen LogP contribution in [0.2, 0.25) is 77.8 Å². The number of fused-ring (bicyclic) bond motifs is 1. The predicted octanol–water partition coefficient (Wildman–Crippen LogP) is 29.7. The minimum Gasteiger partial charge on any atom is -0.122 e. The van der Waals surface area contributed by atoms with Crippen LogP contribution in [0.25, 0.3) is 16.8 Å². The Hall–Kier alpha value is -3.62. The normalized spacial score (nSPS) is 22.0. The number of hydrogen-bond donors (Lipinski definition) is 0. The van der Waals surface area contributed by atoms with E-state index in [0.29, 0.717) is 0 Å². The third-order valence-corrected chi connectivity index (χ3v) is 29.9. The van der Waals surface area contributed by atoms with Gasteiger partial charge in [0.15, 0.2) is 33.6 Å². The van der Waals surface area contributed by atoms with E-state index in [1.54, 1.807) is 16.5 Å². The molecule has 10 saturated carbocycles. The number of benzene rings is 5. The first-order valence-corrected chi connectivity index (χ1v) is 48.9. The van der Waals surface area contributed by atoms with Crippen molar-refractivity contribution < 1.29 is 0 Å². The first-order valence-electron chi connectivity index (χ1n) is 45.3. The first kappa shape index (κ1) is 79.4. The third kappa shape index (κ3) is 25.8. The van der Waals surface area contributed by atoms with E-state index in [1.807, 2.05) is 0 Å². The Bertz CT molecular complexity index is 2930. The van der Waals surface area contributed by atoms with E-state index in [1.165, 1.54) is 344 Å². The highest BCUT2D eigenvalue weighted by Gasteiger charge is 2.40. The van der Waals surface area contributed by atoms with Gasteiger partial charge in [-0.15, -0.1) is 17.7 Å². The van der Waals surface area contributed by atoms with Gasteiger partial charge in [0, 0.05) is 0 Å². The first-order chi connectivity index (χ1) is 50.3. The third-order valence-electron chi connectivity index (χ3n) is 28.7. The summed E-state index contributed by atoms with van der Waals surface area (Å²) in [5.74, 6) is 15.1. The van der Waals surface area contributed by atoms with Crippen molar-refractivity contribution in [3.63, 3.8) is 0 Å². The predicted molar refractivity (Wildman–Crippen MR) is 465 cm³/mol. The summed E-state index contributed by atoms with van der Waals surface area (Å²) in [6.45, 7) is 11.8. The Labute approximate surface area is 632 Å². The molecule has 0 unspecified atom stereocenters. The number of hydrogen-bond acceptors (Lipinski definition) is 0. The van der Waals surface area contributed by atoms with Crippen LogP contribution in [0, 0.1) is 0 Å². The fourth-order valence-corrected chi connectivity index (χ4v) is 24.2. The monoisotopic (exact) mass is 1380 g/mol. The van der Waals surface area contributed by atoms with Crippen molar-refractivity contribution in [1.82, 2.24) is 0 Å². The second-order valence-corrected chi connectivity index (χ2v) is 42.1. The van der Waals surface area contributed by atoms with Crippen LogP contribution in [0.5, 0.6) is 0 Å². The highest BCUT2D eigenvalue weighted by atomic mass is 28.3. The van der Waals surface area contributed by atoms with E-state index in [4.69, 9.17) is 0 Å². The van der Waals surface area contributed by atoms with Gasteiger partial charge in [0.2, 0.25) is 0 Å². The fraction of sp³-hybridized carbons (Fsp3) is 0.667. The molecule has 15 rings (SSSR count). The molecule has 0 aromatic heterocycles. The Morgan fingerprint density at radius 2 is 0.588 bits per heavy atom. The van der Waals surface area contributed by atoms with Crippen molar-refractivity contribution in [1.29, 1.82) is 0 Å². The highest BCUT2D eigenvalue weighted by Crippen LogP contribution is 2.48. The van der Waals surface area contributed by atoms with Gasteiger partial charge in [-0.05, 0) is 22.7 Å². The van der Waals surface area contributed by atoms with Gasteiger partial charge in [0.25, 0.3) is 0 Å². The fourth-order valence-electron chi connectivity index (χ4n) is 23.4. The maximum Gasteiger partial charge on any atom is 0.183 e. The quantitative estimate of drug-likeness (QED) is 0.0767. The van der Waals surface area contributed by atoms with Crippen molar-refractivity contribution >= 4 is 69.4 Å². The second kappa shape index (κ2) is 44.6. The molecule has 10 aliphatic rings. The lowest BCUT2D eigenvalue weighted by atomic mass is 9.27. The van der Waals surface area contributed by atoms with Crippen LogP contribution in [0.3, 0.4) is 0 Å². The standard InChI is InChI=1S/C22H29B.C20H29B.C19H29B.C18H27B.C17H33BSi/c1-3-12-19(13-4-1)23(20-14-5-2-6-15-20)22-17-9-11-18-10-7-8-16-21(18)22;1-4-10-18(11-5-1)16-17-21(19-12-6-2-7-13-19)20-14-8-3-9-15-20;1-4-10-17(11-5-1)16-20(18-12-6-2-7-13-18)19-14-8-3-9-15-19;1-4-10-16(11-5-1)19(17-12-6-2-7-13-17)18-14-8-3-9-15-18;1-19(2,3)15-14-18(16-10-6-4-7-11-16)17-12-8-5-9-13-17/h7-11,16-17,19-20H,1-6,12-15H2;1,4-5,10-11,16-17,19-20H,2-3,6-9,12-15H2;1,4-5,10-11,18-19H,2-3,6-9,12-16H2;1,4-5,10-11,17-18H,2-3,6-9,12-15H2;14-17H,4-13H2,1-3H3. The maximum atomic E-state index is 2.69. The molecular weight excluding hydrogens is 1240 g/mol. The van der Waals surface area contributed by atoms with E-state index < -0.39 is 8.07 Å². The molecule has 10 fully saturated rings. The molecule has 0 saturated heterocycles. The lowest BCUT2D eigenvalue weighted by molar-refractivity contribution is 0.460. The zero-order chi connectivity index (χ0) is 70.1. The Morgan fingerprint density at radius 3 is 0.971 bits per heavy atom. The molecule has 6 heteroatoms. The summed E-state index contributed by atoms with van der Waals surface area (Å²) in [5.41, 5.74) is 8.90. The summed E-state index contributed by atoms with van der Waals surface area (Å²) in [4.78, 5) is 0. The summed E-state index contributed by atoms with van der Waals surface area (Å²) in [6, 6.07) is 49.7. The van der Waals surface area contributed by atoms with Crippen LogP contribution in [0.1, 0.15) is 332 Å². The molecular formula is C96H147B5Si. The van der Waals surface area contributed by atoms with Crippen LogP contribution in [-0.2, 0) is 6.32 Å². The van der Waals surface area contributed by atoms with Gasteiger partial charge in [-0.2, -0.15) is 0 Å². The van der Waals surface area contributed by atoms with Crippen LogP contribution in [0.4, 0.5) is 0 Å². The zero-order valence-electron chi connectivity index (χ0n) is 66.2. The molecule has 5 aromatic carbocycles. The average Bonchev–Trinajstić information content (AvgIpc) is 0.794. The van der Waals surface area contributed by atoms with Crippen LogP contribution in [0.15, 0.2) is 151 Å². The molecule has 0 aliphatic heterocycles. The zero-order valence-corrected chi connectivity index (χ0v) is 67.2. The van der Waals surface area contributed by atoms with Crippen LogP contribution < -0.4 is 10.9 Å². The summed E-state index contributed by atoms with van der Waals surface area (Å²) < 4.78 is 0. The van der Waals surface area contributed by atoms with Crippen molar-refractivity contribution in [3.8, 4) is 0 Å². The molecule has 0 N–H and O–H groups in total. The van der Waals surface area contributed by atoms with Gasteiger partial charge in [0.05, 0.1) is 8.07 Å². The van der Waals surface area contributed by atoms with Crippen molar-refractivity contribution in [3.05, 3.63) is 162 Å². The molecule has 0 nitrogen and oxygen atoms in total. The molecule has 550 valence electrons. The minimum absolute atomic E-state index is 0.807. The summed E-state index contributed by atoms with van der Waals surface area (Å²) >= 11 is 0. The Kier molecular flexibility index (Phi) is 34.7.